The van der Waals surface area contributed by atoms with Crippen molar-refractivity contribution in [2.24, 2.45) is 0 Å². The highest BCUT2D eigenvalue weighted by molar-refractivity contribution is 5.85. The lowest BCUT2D eigenvalue weighted by Gasteiger charge is -1.84. The fourth-order valence-electron chi connectivity index (χ4n) is 0.123. The van der Waals surface area contributed by atoms with Crippen molar-refractivity contribution in [1.82, 2.24) is 0 Å². The Hall–Kier alpha value is -0.790. The summed E-state index contributed by atoms with van der Waals surface area (Å²) in [6, 6.07) is 0. The summed E-state index contributed by atoms with van der Waals surface area (Å²) in [4.78, 5) is 9.86. The fourth-order valence-corrected chi connectivity index (χ4v) is 0.123. The fraction of sp³-hybridized carbons (Fsp3) is 0.571. The minimum absolute atomic E-state index is 0.389. The van der Waals surface area contributed by atoms with Crippen molar-refractivity contribution in [3.8, 4) is 0 Å². The quantitative estimate of drug-likeness (QED) is 0.551. The molecule has 0 bridgehead atoms. The summed E-state index contributed by atoms with van der Waals surface area (Å²) in [6.45, 7) is 7.26. The van der Waals surface area contributed by atoms with Gasteiger partial charge in [-0.2, -0.15) is 0 Å². The molecule has 0 heterocycles. The Labute approximate surface area is 56.2 Å². The van der Waals surface area contributed by atoms with Crippen LogP contribution in [-0.2, 0) is 4.79 Å². The molecule has 0 aromatic carbocycles. The predicted molar refractivity (Wildman–Crippen MR) is 38.4 cm³/mol. The third kappa shape index (κ3) is 7.21. The molecule has 0 atom stereocenters. The first-order chi connectivity index (χ1) is 4.18. The Balaban J connectivity index is 0. The van der Waals surface area contributed by atoms with Gasteiger partial charge in [-0.15, -0.1) is 0 Å². The average Bonchev–Trinajstić information content (AvgIpc) is 1.91. The monoisotopic (exact) mass is 130 g/mol. The van der Waals surface area contributed by atoms with Gasteiger partial charge in [0.05, 0.1) is 0 Å². The number of aliphatic carboxylic acids is 1. The van der Waals surface area contributed by atoms with Crippen LogP contribution in [0.15, 0.2) is 11.6 Å². The van der Waals surface area contributed by atoms with Crippen LogP contribution >= 0.6 is 0 Å². The highest BCUT2D eigenvalue weighted by Crippen LogP contribution is 1.87. The number of rotatable bonds is 1. The first-order valence-electron chi connectivity index (χ1n) is 3.04. The van der Waals surface area contributed by atoms with Crippen molar-refractivity contribution in [2.45, 2.75) is 27.7 Å². The molecule has 9 heavy (non-hydrogen) atoms. The van der Waals surface area contributed by atoms with Crippen LogP contribution < -0.4 is 0 Å². The largest absolute Gasteiger partial charge is 0.478 e. The number of allylic oxidation sites excluding steroid dienone is 1. The molecular formula is C7H14O2. The van der Waals surface area contributed by atoms with E-state index < -0.39 is 5.97 Å². The lowest BCUT2D eigenvalue weighted by Crippen LogP contribution is -1.93. The van der Waals surface area contributed by atoms with Crippen LogP contribution in [0.4, 0.5) is 0 Å². The summed E-state index contributed by atoms with van der Waals surface area (Å²) < 4.78 is 0. The van der Waals surface area contributed by atoms with Crippen molar-refractivity contribution in [3.63, 3.8) is 0 Å². The Morgan fingerprint density at radius 1 is 1.44 bits per heavy atom. The second-order valence-electron chi connectivity index (χ2n) is 1.28. The van der Waals surface area contributed by atoms with E-state index in [0.29, 0.717) is 5.57 Å². The van der Waals surface area contributed by atoms with Crippen LogP contribution in [0.3, 0.4) is 0 Å². The molecule has 54 valence electrons. The third-order valence-electron chi connectivity index (χ3n) is 0.770. The zero-order valence-corrected chi connectivity index (χ0v) is 6.43. The van der Waals surface area contributed by atoms with Crippen molar-refractivity contribution in [2.75, 3.05) is 0 Å². The molecule has 0 aromatic rings. The van der Waals surface area contributed by atoms with Crippen LogP contribution in [0, 0.1) is 0 Å². The van der Waals surface area contributed by atoms with E-state index in [1.807, 2.05) is 13.8 Å². The van der Waals surface area contributed by atoms with Gasteiger partial charge in [0.15, 0.2) is 0 Å². The van der Waals surface area contributed by atoms with Gasteiger partial charge in [-0.05, 0) is 13.8 Å². The number of carboxylic acids is 1. The number of hydrogen-bond acceptors (Lipinski definition) is 1. The Morgan fingerprint density at radius 2 is 1.78 bits per heavy atom. The van der Waals surface area contributed by atoms with E-state index in [9.17, 15) is 4.79 Å². The van der Waals surface area contributed by atoms with E-state index in [-0.39, 0.29) is 0 Å². The third-order valence-corrected chi connectivity index (χ3v) is 0.770. The first kappa shape index (κ1) is 11.1. The maximum atomic E-state index is 9.86. The standard InChI is InChI=1S/C5H8O2.C2H6/c1-3-4(2)5(6)7;1-2/h3H,1-2H3,(H,6,7);1-2H3. The van der Waals surface area contributed by atoms with Gasteiger partial charge in [0.2, 0.25) is 0 Å². The zero-order valence-electron chi connectivity index (χ0n) is 6.43. The number of carboxylic acid groups (broad SMARTS) is 1. The van der Waals surface area contributed by atoms with E-state index in [2.05, 4.69) is 0 Å². The van der Waals surface area contributed by atoms with Crippen molar-refractivity contribution in [3.05, 3.63) is 11.6 Å². The molecule has 0 fully saturated rings. The minimum atomic E-state index is -0.845. The van der Waals surface area contributed by atoms with Crippen LogP contribution in [0.5, 0.6) is 0 Å². The molecule has 0 saturated heterocycles. The second-order valence-corrected chi connectivity index (χ2v) is 1.28. The molecule has 0 aliphatic heterocycles. The summed E-state index contributed by atoms with van der Waals surface area (Å²) in [5, 5.41) is 8.11. The van der Waals surface area contributed by atoms with E-state index in [0.717, 1.165) is 0 Å². The van der Waals surface area contributed by atoms with Crippen LogP contribution in [0.1, 0.15) is 27.7 Å². The van der Waals surface area contributed by atoms with Gasteiger partial charge in [-0.1, -0.05) is 19.9 Å². The van der Waals surface area contributed by atoms with Gasteiger partial charge in [-0.25, -0.2) is 4.79 Å². The van der Waals surface area contributed by atoms with E-state index in [1.54, 1.807) is 19.9 Å². The van der Waals surface area contributed by atoms with Gasteiger partial charge in [-0.3, -0.25) is 0 Å². The lowest BCUT2D eigenvalue weighted by molar-refractivity contribution is -0.132. The predicted octanol–water partition coefficient (Wildman–Crippen LogP) is 2.06. The summed E-state index contributed by atoms with van der Waals surface area (Å²) in [6.07, 6.45) is 1.56. The smallest absolute Gasteiger partial charge is 0.330 e. The van der Waals surface area contributed by atoms with Crippen LogP contribution in [0.25, 0.3) is 0 Å². The van der Waals surface area contributed by atoms with Gasteiger partial charge < -0.3 is 5.11 Å². The van der Waals surface area contributed by atoms with Crippen molar-refractivity contribution >= 4 is 5.97 Å². The SMILES string of the molecule is CC.CC=C(C)C(=O)O. The molecule has 0 unspecified atom stereocenters. The van der Waals surface area contributed by atoms with Crippen LogP contribution in [0.2, 0.25) is 0 Å². The topological polar surface area (TPSA) is 37.3 Å². The number of carbonyl (C=O) groups is 1. The highest BCUT2D eigenvalue weighted by atomic mass is 16.4. The molecule has 0 spiro atoms. The summed E-state index contributed by atoms with van der Waals surface area (Å²) in [7, 11) is 0. The van der Waals surface area contributed by atoms with Gasteiger partial charge >= 0.3 is 5.97 Å². The Bertz CT molecular complexity index is 103. The Kier molecular flexibility index (Phi) is 8.87. The molecule has 0 rings (SSSR count). The Morgan fingerprint density at radius 3 is 1.78 bits per heavy atom. The molecule has 0 aliphatic rings. The van der Waals surface area contributed by atoms with Crippen molar-refractivity contribution in [1.29, 1.82) is 0 Å². The van der Waals surface area contributed by atoms with Crippen LogP contribution in [-0.4, -0.2) is 11.1 Å². The molecule has 0 aliphatic carbocycles. The zero-order chi connectivity index (χ0) is 7.86. The highest BCUT2D eigenvalue weighted by Gasteiger charge is 1.93. The minimum Gasteiger partial charge on any atom is -0.478 e. The lowest BCUT2D eigenvalue weighted by atomic mass is 10.3. The van der Waals surface area contributed by atoms with Gasteiger partial charge in [0.1, 0.15) is 0 Å². The van der Waals surface area contributed by atoms with E-state index >= 15 is 0 Å². The average molecular weight is 130 g/mol. The van der Waals surface area contributed by atoms with Gasteiger partial charge in [0, 0.05) is 5.57 Å². The van der Waals surface area contributed by atoms with Crippen molar-refractivity contribution < 1.29 is 9.90 Å². The molecule has 0 amide bonds. The molecule has 0 aromatic heterocycles. The molecule has 0 radical (unpaired) electrons. The van der Waals surface area contributed by atoms with E-state index in [1.165, 1.54) is 0 Å². The molecule has 2 heteroatoms. The summed E-state index contributed by atoms with van der Waals surface area (Å²) in [5.74, 6) is -0.845. The molecular weight excluding hydrogens is 116 g/mol. The molecule has 0 saturated carbocycles. The van der Waals surface area contributed by atoms with E-state index in [4.69, 9.17) is 5.11 Å². The maximum Gasteiger partial charge on any atom is 0.330 e. The van der Waals surface area contributed by atoms with Gasteiger partial charge in [0.25, 0.3) is 0 Å². The maximum absolute atomic E-state index is 9.86. The molecule has 1 N–H and O–H groups in total. The summed E-state index contributed by atoms with van der Waals surface area (Å²) in [5.41, 5.74) is 0.389. The first-order valence-corrected chi connectivity index (χ1v) is 3.04. The number of hydrogen-bond donors (Lipinski definition) is 1. The normalized spacial score (nSPS) is 9.56. The summed E-state index contributed by atoms with van der Waals surface area (Å²) >= 11 is 0. The second kappa shape index (κ2) is 7.21. The molecule has 2 nitrogen and oxygen atoms in total.